The molecule has 11 heteroatoms. The van der Waals surface area contributed by atoms with Gasteiger partial charge in [0.2, 0.25) is 5.13 Å². The lowest BCUT2D eigenvalue weighted by molar-refractivity contribution is -0.139. The molecule has 0 radical (unpaired) electrons. The van der Waals surface area contributed by atoms with Gasteiger partial charge in [-0.2, -0.15) is 0 Å². The maximum Gasteiger partial charge on any atom is 0.338 e. The van der Waals surface area contributed by atoms with Gasteiger partial charge in [0.1, 0.15) is 5.75 Å². The Kier molecular flexibility index (Phi) is 6.37. The Bertz CT molecular complexity index is 914. The molecule has 1 aromatic heterocycles. The number of ether oxygens (including phenoxy) is 2. The van der Waals surface area contributed by atoms with Crippen molar-refractivity contribution in [2.45, 2.75) is 17.3 Å². The van der Waals surface area contributed by atoms with Gasteiger partial charge in [0.25, 0.3) is 0 Å². The molecule has 0 spiro atoms. The number of nitrogens with zero attached hydrogens (tertiary/aromatic N) is 2. The number of amides is 2. The first kappa shape index (κ1) is 20.0. The Labute approximate surface area is 169 Å². The third-order valence-electron chi connectivity index (χ3n) is 3.84. The number of esters is 1. The molecule has 0 aliphatic carbocycles. The van der Waals surface area contributed by atoms with Crippen LogP contribution in [0.25, 0.3) is 0 Å². The molecule has 3 rings (SSSR count). The van der Waals surface area contributed by atoms with E-state index in [1.54, 1.807) is 32.2 Å². The van der Waals surface area contributed by atoms with Crippen LogP contribution in [0.15, 0.2) is 39.9 Å². The third kappa shape index (κ3) is 4.54. The fourth-order valence-corrected chi connectivity index (χ4v) is 4.27. The van der Waals surface area contributed by atoms with E-state index in [1.165, 1.54) is 23.1 Å². The van der Waals surface area contributed by atoms with Crippen LogP contribution in [0.4, 0.5) is 9.93 Å². The normalized spacial score (nSPS) is 16.4. The van der Waals surface area contributed by atoms with Gasteiger partial charge < -0.3 is 25.8 Å². The van der Waals surface area contributed by atoms with Gasteiger partial charge in [-0.3, -0.25) is 0 Å². The quantitative estimate of drug-likeness (QED) is 0.458. The second-order valence-electron chi connectivity index (χ2n) is 5.62. The van der Waals surface area contributed by atoms with Crippen molar-refractivity contribution in [3.8, 4) is 5.75 Å². The molecule has 0 fully saturated rings. The summed E-state index contributed by atoms with van der Waals surface area (Å²) in [7, 11) is 1.55. The Morgan fingerprint density at radius 2 is 2.21 bits per heavy atom. The molecule has 2 amide bonds. The lowest BCUT2D eigenvalue weighted by Crippen LogP contribution is -2.46. The van der Waals surface area contributed by atoms with Gasteiger partial charge in [0, 0.05) is 11.4 Å². The summed E-state index contributed by atoms with van der Waals surface area (Å²) in [6.45, 7) is 1.95. The van der Waals surface area contributed by atoms with Gasteiger partial charge in [0.15, 0.2) is 4.34 Å². The number of urea groups is 1. The number of methoxy groups -OCH3 is 1. The molecule has 1 aliphatic heterocycles. The van der Waals surface area contributed by atoms with Crippen molar-refractivity contribution in [1.82, 2.24) is 20.8 Å². The van der Waals surface area contributed by atoms with E-state index >= 15 is 0 Å². The number of nitrogen functional groups attached to an aromatic ring is 1. The number of nitrogens with two attached hydrogens (primary N) is 1. The largest absolute Gasteiger partial charge is 0.497 e. The van der Waals surface area contributed by atoms with Crippen molar-refractivity contribution in [2.75, 3.05) is 25.2 Å². The number of hydrogen-bond donors (Lipinski definition) is 3. The maximum atomic E-state index is 12.7. The molecule has 148 valence electrons. The molecule has 4 N–H and O–H groups in total. The Morgan fingerprint density at radius 3 is 2.89 bits per heavy atom. The van der Waals surface area contributed by atoms with Gasteiger partial charge in [-0.15, -0.1) is 10.2 Å². The smallest absolute Gasteiger partial charge is 0.338 e. The minimum atomic E-state index is -0.669. The summed E-state index contributed by atoms with van der Waals surface area (Å²) in [6.07, 6.45) is 0. The van der Waals surface area contributed by atoms with Crippen LogP contribution in [0.1, 0.15) is 18.5 Å². The Hall–Kier alpha value is -2.79. The number of rotatable bonds is 7. The maximum absolute atomic E-state index is 12.7. The summed E-state index contributed by atoms with van der Waals surface area (Å²) in [5.74, 6) is 0.417. The van der Waals surface area contributed by atoms with Crippen molar-refractivity contribution in [3.05, 3.63) is 41.1 Å². The van der Waals surface area contributed by atoms with Crippen LogP contribution in [0.5, 0.6) is 5.75 Å². The summed E-state index contributed by atoms with van der Waals surface area (Å²) in [5, 5.41) is 13.6. The van der Waals surface area contributed by atoms with Gasteiger partial charge >= 0.3 is 12.0 Å². The first-order valence-corrected chi connectivity index (χ1v) is 10.2. The molecule has 1 aromatic carbocycles. The highest BCUT2D eigenvalue weighted by molar-refractivity contribution is 8.01. The predicted octanol–water partition coefficient (Wildman–Crippen LogP) is 2.09. The zero-order valence-electron chi connectivity index (χ0n) is 15.2. The van der Waals surface area contributed by atoms with Gasteiger partial charge in [-0.1, -0.05) is 35.2 Å². The van der Waals surface area contributed by atoms with Crippen LogP contribution in [0.3, 0.4) is 0 Å². The van der Waals surface area contributed by atoms with E-state index in [4.69, 9.17) is 15.2 Å². The van der Waals surface area contributed by atoms with E-state index in [2.05, 4.69) is 20.8 Å². The molecule has 0 unspecified atom stereocenters. The van der Waals surface area contributed by atoms with Crippen molar-refractivity contribution in [1.29, 1.82) is 0 Å². The van der Waals surface area contributed by atoms with Gasteiger partial charge in [-0.25, -0.2) is 9.59 Å². The zero-order valence-corrected chi connectivity index (χ0v) is 16.9. The molecule has 0 saturated heterocycles. The molecule has 28 heavy (non-hydrogen) atoms. The second kappa shape index (κ2) is 8.93. The number of hydrogen-bond acceptors (Lipinski definition) is 9. The van der Waals surface area contributed by atoms with Crippen LogP contribution in [0, 0.1) is 0 Å². The summed E-state index contributed by atoms with van der Waals surface area (Å²) >= 11 is 2.56. The number of aromatic nitrogens is 2. The number of nitrogens with one attached hydrogen (secondary N) is 2. The Balaban J connectivity index is 1.98. The standard InChI is InChI=1S/C17H19N5O4S2/c1-3-26-14(23)12-11(8-27-17-22-21-15(18)28-17)19-16(24)20-13(12)9-5-4-6-10(7-9)25-2/h4-7,13H,3,8H2,1-2H3,(H2,18,21)(H2,19,20,24)/t13-/m0/s1. The average molecular weight is 422 g/mol. The SMILES string of the molecule is CCOC(=O)C1=C(CSc2nnc(N)s2)NC(=O)N[C@H]1c1cccc(OC)c1. The molecule has 9 nitrogen and oxygen atoms in total. The summed E-state index contributed by atoms with van der Waals surface area (Å²) < 4.78 is 11.1. The van der Waals surface area contributed by atoms with Crippen molar-refractivity contribution in [2.24, 2.45) is 0 Å². The lowest BCUT2D eigenvalue weighted by atomic mass is 9.95. The van der Waals surface area contributed by atoms with Gasteiger partial charge in [0.05, 0.1) is 25.3 Å². The minimum absolute atomic E-state index is 0.217. The van der Waals surface area contributed by atoms with Crippen LogP contribution in [-0.2, 0) is 9.53 Å². The van der Waals surface area contributed by atoms with Gasteiger partial charge in [-0.05, 0) is 24.6 Å². The van der Waals surface area contributed by atoms with E-state index in [9.17, 15) is 9.59 Å². The van der Waals surface area contributed by atoms with Crippen molar-refractivity contribution in [3.63, 3.8) is 0 Å². The lowest BCUT2D eigenvalue weighted by Gasteiger charge is -2.29. The summed E-state index contributed by atoms with van der Waals surface area (Å²) in [6, 6.07) is 6.09. The van der Waals surface area contributed by atoms with Crippen LogP contribution >= 0.6 is 23.1 Å². The van der Waals surface area contributed by atoms with Crippen LogP contribution in [0.2, 0.25) is 0 Å². The fourth-order valence-electron chi connectivity index (χ4n) is 2.67. The molecular formula is C17H19N5O4S2. The average Bonchev–Trinajstić information content (AvgIpc) is 3.11. The second-order valence-corrected chi connectivity index (χ2v) is 7.85. The highest BCUT2D eigenvalue weighted by Gasteiger charge is 2.34. The molecule has 2 heterocycles. The number of carbonyl (C=O) groups excluding carboxylic acids is 2. The highest BCUT2D eigenvalue weighted by Crippen LogP contribution is 2.32. The van der Waals surface area contributed by atoms with E-state index in [1.807, 2.05) is 6.07 Å². The van der Waals surface area contributed by atoms with E-state index in [0.29, 0.717) is 37.8 Å². The number of carbonyl (C=O) groups is 2. The zero-order chi connectivity index (χ0) is 20.1. The van der Waals surface area contributed by atoms with Crippen molar-refractivity contribution < 1.29 is 19.1 Å². The molecule has 1 aliphatic rings. The van der Waals surface area contributed by atoms with Crippen molar-refractivity contribution >= 4 is 40.2 Å². The monoisotopic (exact) mass is 421 g/mol. The van der Waals surface area contributed by atoms with E-state index < -0.39 is 18.0 Å². The first-order chi connectivity index (χ1) is 13.5. The van der Waals surface area contributed by atoms with E-state index in [-0.39, 0.29) is 6.61 Å². The first-order valence-electron chi connectivity index (χ1n) is 8.35. The molecule has 2 aromatic rings. The van der Waals surface area contributed by atoms with E-state index in [0.717, 1.165) is 0 Å². The fraction of sp³-hybridized carbons (Fsp3) is 0.294. The topological polar surface area (TPSA) is 128 Å². The summed E-state index contributed by atoms with van der Waals surface area (Å²) in [5.41, 5.74) is 7.10. The molecule has 0 saturated carbocycles. The van der Waals surface area contributed by atoms with Crippen LogP contribution in [-0.4, -0.2) is 41.7 Å². The number of benzene rings is 1. The highest BCUT2D eigenvalue weighted by atomic mass is 32.2. The minimum Gasteiger partial charge on any atom is -0.497 e. The molecule has 1 atom stereocenters. The predicted molar refractivity (Wildman–Crippen MR) is 106 cm³/mol. The summed E-state index contributed by atoms with van der Waals surface area (Å²) in [4.78, 5) is 25.0. The number of anilines is 1. The number of thioether (sulfide) groups is 1. The Morgan fingerprint density at radius 1 is 1.39 bits per heavy atom. The third-order valence-corrected chi connectivity index (χ3v) is 5.75. The van der Waals surface area contributed by atoms with Crippen LogP contribution < -0.4 is 21.1 Å². The molecular weight excluding hydrogens is 402 g/mol. The molecule has 0 bridgehead atoms.